The molecule has 0 saturated heterocycles. The highest BCUT2D eigenvalue weighted by Crippen LogP contribution is 2.22. The molecule has 0 atom stereocenters. The van der Waals surface area contributed by atoms with E-state index in [1.165, 1.54) is 30.9 Å². The molecule has 0 fully saturated rings. The van der Waals surface area contributed by atoms with Crippen molar-refractivity contribution in [2.75, 3.05) is 11.1 Å². The number of carbonyl (C=O) groups is 1. The minimum Gasteiger partial charge on any atom is -0.472 e. The van der Waals surface area contributed by atoms with Crippen molar-refractivity contribution in [1.29, 1.82) is 10.7 Å². The third-order valence-electron chi connectivity index (χ3n) is 3.53. The van der Waals surface area contributed by atoms with Crippen molar-refractivity contribution < 1.29 is 9.21 Å². The molecule has 2 aromatic heterocycles. The molecule has 0 bridgehead atoms. The molecule has 7 nitrogen and oxygen atoms in total. The van der Waals surface area contributed by atoms with Crippen LogP contribution in [0.3, 0.4) is 0 Å². The predicted octanol–water partition coefficient (Wildman–Crippen LogP) is 2.80. The summed E-state index contributed by atoms with van der Waals surface area (Å²) in [4.78, 5) is 16.1. The highest BCUT2D eigenvalue weighted by molar-refractivity contribution is 6.14. The molecule has 3 aromatic rings. The molecule has 0 aliphatic carbocycles. The molecule has 1 amide bonds. The minimum atomic E-state index is -0.373. The van der Waals surface area contributed by atoms with Gasteiger partial charge in [-0.05, 0) is 36.4 Å². The van der Waals surface area contributed by atoms with Crippen molar-refractivity contribution in [3.63, 3.8) is 0 Å². The third-order valence-corrected chi connectivity index (χ3v) is 3.53. The van der Waals surface area contributed by atoms with Crippen LogP contribution < -0.4 is 11.1 Å². The summed E-state index contributed by atoms with van der Waals surface area (Å²) in [5, 5.41) is 19.7. The number of furan rings is 1. The molecule has 25 heavy (non-hydrogen) atoms. The van der Waals surface area contributed by atoms with Crippen LogP contribution in [0.5, 0.6) is 0 Å². The number of benzene rings is 1. The summed E-state index contributed by atoms with van der Waals surface area (Å²) in [5.41, 5.74) is 8.69. The number of aromatic nitrogens is 1. The first-order valence-electron chi connectivity index (χ1n) is 7.27. The Morgan fingerprint density at radius 3 is 2.72 bits per heavy atom. The van der Waals surface area contributed by atoms with Gasteiger partial charge in [0.2, 0.25) is 0 Å². The molecule has 4 N–H and O–H groups in total. The van der Waals surface area contributed by atoms with Gasteiger partial charge in [0.1, 0.15) is 11.8 Å². The fourth-order valence-electron chi connectivity index (χ4n) is 2.21. The molecule has 0 saturated carbocycles. The number of nitrogens with one attached hydrogen (secondary N) is 2. The summed E-state index contributed by atoms with van der Waals surface area (Å²) < 4.78 is 4.99. The number of anilines is 2. The van der Waals surface area contributed by atoms with Crippen LogP contribution in [0.1, 0.15) is 27.2 Å². The standard InChI is InChI=1S/C18H13N5O2/c19-8-14-2-1-11(9-22-14)18(24)23-13-3-4-16(20)15(7-13)17(21)12-5-6-25-10-12/h1-7,9-10,21H,20H2,(H,23,24). The number of hydrogen-bond acceptors (Lipinski definition) is 6. The number of hydrogen-bond donors (Lipinski definition) is 3. The predicted molar refractivity (Wildman–Crippen MR) is 92.4 cm³/mol. The van der Waals surface area contributed by atoms with E-state index in [-0.39, 0.29) is 17.3 Å². The normalized spacial score (nSPS) is 10.0. The van der Waals surface area contributed by atoms with E-state index in [0.717, 1.165) is 0 Å². The van der Waals surface area contributed by atoms with Crippen LogP contribution in [0.4, 0.5) is 11.4 Å². The molecule has 3 rings (SSSR count). The zero-order valence-corrected chi connectivity index (χ0v) is 13.0. The summed E-state index contributed by atoms with van der Waals surface area (Å²) in [6.45, 7) is 0. The Bertz CT molecular complexity index is 970. The van der Waals surface area contributed by atoms with Crippen molar-refractivity contribution in [3.05, 3.63) is 77.5 Å². The van der Waals surface area contributed by atoms with Crippen LogP contribution in [0, 0.1) is 16.7 Å². The monoisotopic (exact) mass is 331 g/mol. The van der Waals surface area contributed by atoms with Crippen LogP contribution in [-0.4, -0.2) is 16.6 Å². The maximum atomic E-state index is 12.3. The number of carbonyl (C=O) groups excluding carboxylic acids is 1. The topological polar surface area (TPSA) is 129 Å². The lowest BCUT2D eigenvalue weighted by Crippen LogP contribution is -2.13. The van der Waals surface area contributed by atoms with Crippen molar-refractivity contribution in [2.45, 2.75) is 0 Å². The van der Waals surface area contributed by atoms with Gasteiger partial charge < -0.3 is 15.5 Å². The number of rotatable bonds is 4. The van der Waals surface area contributed by atoms with Gasteiger partial charge in [-0.2, -0.15) is 5.26 Å². The number of amides is 1. The highest BCUT2D eigenvalue weighted by atomic mass is 16.3. The Morgan fingerprint density at radius 1 is 1.24 bits per heavy atom. The number of pyridine rings is 1. The van der Waals surface area contributed by atoms with Gasteiger partial charge in [0.25, 0.3) is 5.91 Å². The van der Waals surface area contributed by atoms with Gasteiger partial charge in [0.15, 0.2) is 0 Å². The lowest BCUT2D eigenvalue weighted by molar-refractivity contribution is 0.102. The Hall–Kier alpha value is -3.92. The van der Waals surface area contributed by atoms with Gasteiger partial charge in [-0.25, -0.2) is 4.98 Å². The molecular weight excluding hydrogens is 318 g/mol. The lowest BCUT2D eigenvalue weighted by atomic mass is 10.0. The van der Waals surface area contributed by atoms with Gasteiger partial charge in [-0.3, -0.25) is 10.2 Å². The zero-order valence-electron chi connectivity index (χ0n) is 13.0. The highest BCUT2D eigenvalue weighted by Gasteiger charge is 2.13. The van der Waals surface area contributed by atoms with Crippen LogP contribution in [0.15, 0.2) is 59.5 Å². The van der Waals surface area contributed by atoms with Gasteiger partial charge in [-0.1, -0.05) is 0 Å². The Labute approximate surface area is 143 Å². The van der Waals surface area contributed by atoms with Crippen molar-refractivity contribution >= 4 is 23.0 Å². The second-order valence-corrected chi connectivity index (χ2v) is 5.19. The van der Waals surface area contributed by atoms with E-state index in [0.29, 0.717) is 28.1 Å². The molecule has 0 spiro atoms. The first kappa shape index (κ1) is 16.0. The van der Waals surface area contributed by atoms with Gasteiger partial charge >= 0.3 is 0 Å². The molecule has 0 aliphatic heterocycles. The molecule has 1 aromatic carbocycles. The van der Waals surface area contributed by atoms with Crippen molar-refractivity contribution in [1.82, 2.24) is 4.98 Å². The maximum Gasteiger partial charge on any atom is 0.257 e. The average molecular weight is 331 g/mol. The summed E-state index contributed by atoms with van der Waals surface area (Å²) >= 11 is 0. The largest absolute Gasteiger partial charge is 0.472 e. The second-order valence-electron chi connectivity index (χ2n) is 5.19. The van der Waals surface area contributed by atoms with E-state index in [2.05, 4.69) is 10.3 Å². The molecule has 2 heterocycles. The Balaban J connectivity index is 1.83. The van der Waals surface area contributed by atoms with Crippen LogP contribution in [-0.2, 0) is 0 Å². The molecule has 122 valence electrons. The molecule has 0 radical (unpaired) electrons. The van der Waals surface area contributed by atoms with E-state index in [1.807, 2.05) is 6.07 Å². The fourth-order valence-corrected chi connectivity index (χ4v) is 2.21. The van der Waals surface area contributed by atoms with E-state index >= 15 is 0 Å². The second kappa shape index (κ2) is 6.68. The lowest BCUT2D eigenvalue weighted by Gasteiger charge is -2.10. The number of nitrogens with zero attached hydrogens (tertiary/aromatic N) is 2. The molecule has 0 aliphatic rings. The third kappa shape index (κ3) is 3.38. The maximum absolute atomic E-state index is 12.3. The van der Waals surface area contributed by atoms with Crippen molar-refractivity contribution in [2.24, 2.45) is 0 Å². The SMILES string of the molecule is N#Cc1ccc(C(=O)Nc2ccc(N)c(C(=N)c3ccoc3)c2)cn1. The Kier molecular flexibility index (Phi) is 4.26. The minimum absolute atomic E-state index is 0.197. The zero-order chi connectivity index (χ0) is 17.8. The van der Waals surface area contributed by atoms with Gasteiger partial charge in [-0.15, -0.1) is 0 Å². The van der Waals surface area contributed by atoms with Crippen LogP contribution >= 0.6 is 0 Å². The summed E-state index contributed by atoms with van der Waals surface area (Å²) in [7, 11) is 0. The molecule has 7 heteroatoms. The quantitative estimate of drug-likeness (QED) is 0.500. The summed E-state index contributed by atoms with van der Waals surface area (Å²) in [5.74, 6) is -0.373. The number of nitrogens with two attached hydrogens (primary N) is 1. The van der Waals surface area contributed by atoms with E-state index < -0.39 is 0 Å². The summed E-state index contributed by atoms with van der Waals surface area (Å²) in [6.07, 6.45) is 4.26. The van der Waals surface area contributed by atoms with E-state index in [4.69, 9.17) is 20.8 Å². The van der Waals surface area contributed by atoms with Crippen LogP contribution in [0.25, 0.3) is 0 Å². The Morgan fingerprint density at radius 2 is 2.08 bits per heavy atom. The van der Waals surface area contributed by atoms with Crippen LogP contribution in [0.2, 0.25) is 0 Å². The summed E-state index contributed by atoms with van der Waals surface area (Å²) in [6, 6.07) is 11.4. The van der Waals surface area contributed by atoms with E-state index in [9.17, 15) is 4.79 Å². The fraction of sp³-hybridized carbons (Fsp3) is 0. The van der Waals surface area contributed by atoms with Gasteiger partial charge in [0, 0.05) is 28.7 Å². The number of nitriles is 1. The first-order valence-corrected chi connectivity index (χ1v) is 7.27. The first-order chi connectivity index (χ1) is 12.1. The average Bonchev–Trinajstić information content (AvgIpc) is 3.17. The van der Waals surface area contributed by atoms with E-state index in [1.54, 1.807) is 24.3 Å². The number of nitrogen functional groups attached to an aromatic ring is 1. The smallest absolute Gasteiger partial charge is 0.257 e. The van der Waals surface area contributed by atoms with Gasteiger partial charge in [0.05, 0.1) is 23.8 Å². The molecular formula is C18H13N5O2. The molecule has 0 unspecified atom stereocenters. The van der Waals surface area contributed by atoms with Crippen molar-refractivity contribution in [3.8, 4) is 6.07 Å².